The Morgan fingerprint density at radius 2 is 2.16 bits per heavy atom. The number of methoxy groups -OCH3 is 1. The van der Waals surface area contributed by atoms with E-state index in [0.717, 1.165) is 18.5 Å². The standard InChI is InChI=1S/C19H22N2O3S/c1-13-3-4-16(24-2)15(11-13)19(23)20-8-5-18(22)21-9-6-17-14(12-21)7-10-25-17/h3-4,7,10-11H,5-6,8-9,12H2,1-2H3,(H,20,23). The largest absolute Gasteiger partial charge is 0.496 e. The van der Waals surface area contributed by atoms with Crippen LogP contribution in [-0.4, -0.2) is 36.9 Å². The van der Waals surface area contributed by atoms with Crippen molar-refractivity contribution >= 4 is 23.2 Å². The van der Waals surface area contributed by atoms with Gasteiger partial charge in [0.2, 0.25) is 5.91 Å². The van der Waals surface area contributed by atoms with E-state index in [2.05, 4.69) is 16.8 Å². The van der Waals surface area contributed by atoms with Crippen LogP contribution in [0, 0.1) is 6.92 Å². The van der Waals surface area contributed by atoms with E-state index in [1.54, 1.807) is 30.6 Å². The number of nitrogens with zero attached hydrogens (tertiary/aromatic N) is 1. The van der Waals surface area contributed by atoms with E-state index < -0.39 is 0 Å². The third kappa shape index (κ3) is 4.02. The van der Waals surface area contributed by atoms with Crippen LogP contribution in [0.3, 0.4) is 0 Å². The molecule has 0 aliphatic carbocycles. The van der Waals surface area contributed by atoms with Crippen LogP contribution >= 0.6 is 11.3 Å². The van der Waals surface area contributed by atoms with E-state index in [1.165, 1.54) is 10.4 Å². The maximum atomic E-state index is 12.4. The minimum Gasteiger partial charge on any atom is -0.496 e. The number of amides is 2. The van der Waals surface area contributed by atoms with Crippen LogP contribution in [0.25, 0.3) is 0 Å². The van der Waals surface area contributed by atoms with Crippen molar-refractivity contribution in [3.05, 3.63) is 51.2 Å². The Kier molecular flexibility index (Phi) is 5.38. The molecule has 0 saturated heterocycles. The molecule has 5 nitrogen and oxygen atoms in total. The van der Waals surface area contributed by atoms with Crippen molar-refractivity contribution in [3.63, 3.8) is 0 Å². The van der Waals surface area contributed by atoms with Gasteiger partial charge in [0, 0.05) is 30.9 Å². The number of ether oxygens (including phenoxy) is 1. The molecule has 0 atom stereocenters. The number of benzene rings is 1. The van der Waals surface area contributed by atoms with Crippen molar-refractivity contribution in [1.29, 1.82) is 0 Å². The van der Waals surface area contributed by atoms with Gasteiger partial charge in [-0.1, -0.05) is 11.6 Å². The summed E-state index contributed by atoms with van der Waals surface area (Å²) in [5, 5.41) is 4.90. The summed E-state index contributed by atoms with van der Waals surface area (Å²) in [6.45, 7) is 3.68. The molecule has 2 heterocycles. The van der Waals surface area contributed by atoms with Crippen molar-refractivity contribution in [2.75, 3.05) is 20.2 Å². The molecule has 3 rings (SSSR count). The Bertz CT molecular complexity index is 785. The second-order valence-corrected chi connectivity index (χ2v) is 7.14. The molecule has 2 aromatic rings. The van der Waals surface area contributed by atoms with Gasteiger partial charge in [-0.25, -0.2) is 0 Å². The molecule has 0 radical (unpaired) electrons. The second-order valence-electron chi connectivity index (χ2n) is 6.14. The number of hydrogen-bond acceptors (Lipinski definition) is 4. The Balaban J connectivity index is 1.52. The molecule has 1 aromatic heterocycles. The maximum absolute atomic E-state index is 12.4. The van der Waals surface area contributed by atoms with E-state index in [-0.39, 0.29) is 11.8 Å². The summed E-state index contributed by atoms with van der Waals surface area (Å²) in [5.74, 6) is 0.399. The third-order valence-electron chi connectivity index (χ3n) is 4.38. The zero-order valence-electron chi connectivity index (χ0n) is 14.5. The number of thiophene rings is 1. The van der Waals surface area contributed by atoms with Gasteiger partial charge in [-0.15, -0.1) is 11.3 Å². The van der Waals surface area contributed by atoms with Gasteiger partial charge in [0.1, 0.15) is 5.75 Å². The maximum Gasteiger partial charge on any atom is 0.255 e. The zero-order chi connectivity index (χ0) is 17.8. The van der Waals surface area contributed by atoms with Gasteiger partial charge >= 0.3 is 0 Å². The van der Waals surface area contributed by atoms with Gasteiger partial charge in [-0.2, -0.15) is 0 Å². The highest BCUT2D eigenvalue weighted by atomic mass is 32.1. The molecule has 0 bridgehead atoms. The highest BCUT2D eigenvalue weighted by Gasteiger charge is 2.21. The monoisotopic (exact) mass is 358 g/mol. The lowest BCUT2D eigenvalue weighted by atomic mass is 10.1. The van der Waals surface area contributed by atoms with Crippen molar-refractivity contribution in [1.82, 2.24) is 10.2 Å². The summed E-state index contributed by atoms with van der Waals surface area (Å²) in [5.41, 5.74) is 2.73. The van der Waals surface area contributed by atoms with Gasteiger partial charge in [0.25, 0.3) is 5.91 Å². The molecule has 132 valence electrons. The first-order valence-corrected chi connectivity index (χ1v) is 9.22. The molecule has 0 unspecified atom stereocenters. The molecule has 0 spiro atoms. The molecule has 6 heteroatoms. The number of hydrogen-bond donors (Lipinski definition) is 1. The SMILES string of the molecule is COc1ccc(C)cc1C(=O)NCCC(=O)N1CCc2sccc2C1. The predicted octanol–water partition coefficient (Wildman–Crippen LogP) is 2.77. The Morgan fingerprint density at radius 3 is 2.96 bits per heavy atom. The molecular weight excluding hydrogens is 336 g/mol. The van der Waals surface area contributed by atoms with Gasteiger partial charge in [-0.05, 0) is 42.5 Å². The van der Waals surface area contributed by atoms with E-state index in [4.69, 9.17) is 4.74 Å². The number of carbonyl (C=O) groups is 2. The summed E-state index contributed by atoms with van der Waals surface area (Å²) in [6.07, 6.45) is 1.23. The van der Waals surface area contributed by atoms with Crippen LogP contribution in [0.2, 0.25) is 0 Å². The van der Waals surface area contributed by atoms with Crippen molar-refractivity contribution in [2.24, 2.45) is 0 Å². The first kappa shape index (κ1) is 17.5. The normalized spacial score (nSPS) is 13.3. The van der Waals surface area contributed by atoms with Crippen molar-refractivity contribution < 1.29 is 14.3 Å². The van der Waals surface area contributed by atoms with E-state index in [9.17, 15) is 9.59 Å². The molecule has 1 aliphatic rings. The number of fused-ring (bicyclic) bond motifs is 1. The average molecular weight is 358 g/mol. The summed E-state index contributed by atoms with van der Waals surface area (Å²) >= 11 is 1.76. The van der Waals surface area contributed by atoms with E-state index in [0.29, 0.717) is 30.8 Å². The Labute approximate surface area is 151 Å². The fraction of sp³-hybridized carbons (Fsp3) is 0.368. The smallest absolute Gasteiger partial charge is 0.255 e. The minimum atomic E-state index is -0.216. The second kappa shape index (κ2) is 7.70. The van der Waals surface area contributed by atoms with Crippen LogP contribution in [0.4, 0.5) is 0 Å². The Hall–Kier alpha value is -2.34. The highest BCUT2D eigenvalue weighted by Crippen LogP contribution is 2.24. The lowest BCUT2D eigenvalue weighted by Crippen LogP contribution is -2.37. The van der Waals surface area contributed by atoms with Crippen LogP contribution in [0.5, 0.6) is 5.75 Å². The predicted molar refractivity (Wildman–Crippen MR) is 98.1 cm³/mol. The average Bonchev–Trinajstić information content (AvgIpc) is 3.09. The topological polar surface area (TPSA) is 58.6 Å². The first-order chi connectivity index (χ1) is 12.1. The first-order valence-electron chi connectivity index (χ1n) is 8.34. The fourth-order valence-electron chi connectivity index (χ4n) is 3.00. The summed E-state index contributed by atoms with van der Waals surface area (Å²) in [4.78, 5) is 28.0. The number of rotatable bonds is 5. The molecule has 1 aromatic carbocycles. The third-order valence-corrected chi connectivity index (χ3v) is 5.41. The summed E-state index contributed by atoms with van der Waals surface area (Å²) < 4.78 is 5.23. The molecule has 0 saturated carbocycles. The van der Waals surface area contributed by atoms with Crippen LogP contribution < -0.4 is 10.1 Å². The fourth-order valence-corrected chi connectivity index (χ4v) is 3.89. The Morgan fingerprint density at radius 1 is 1.32 bits per heavy atom. The highest BCUT2D eigenvalue weighted by molar-refractivity contribution is 7.10. The van der Waals surface area contributed by atoms with Crippen molar-refractivity contribution in [2.45, 2.75) is 26.3 Å². The zero-order valence-corrected chi connectivity index (χ0v) is 15.3. The molecule has 1 N–H and O–H groups in total. The quantitative estimate of drug-likeness (QED) is 0.894. The van der Waals surface area contributed by atoms with Gasteiger partial charge in [-0.3, -0.25) is 9.59 Å². The number of nitrogens with one attached hydrogen (secondary N) is 1. The van der Waals surface area contributed by atoms with Gasteiger partial charge in [0.05, 0.1) is 12.7 Å². The summed E-state index contributed by atoms with van der Waals surface area (Å²) in [7, 11) is 1.54. The molecule has 2 amide bonds. The van der Waals surface area contributed by atoms with Crippen LogP contribution in [0.1, 0.15) is 32.8 Å². The lowest BCUT2D eigenvalue weighted by molar-refractivity contribution is -0.131. The molecule has 25 heavy (non-hydrogen) atoms. The van der Waals surface area contributed by atoms with E-state index in [1.807, 2.05) is 17.9 Å². The van der Waals surface area contributed by atoms with Crippen molar-refractivity contribution in [3.8, 4) is 5.75 Å². The molecular formula is C19H22N2O3S. The van der Waals surface area contributed by atoms with Crippen LogP contribution in [-0.2, 0) is 17.8 Å². The van der Waals surface area contributed by atoms with Gasteiger partial charge in [0.15, 0.2) is 0 Å². The van der Waals surface area contributed by atoms with Crippen LogP contribution in [0.15, 0.2) is 29.6 Å². The molecule has 1 aliphatic heterocycles. The lowest BCUT2D eigenvalue weighted by Gasteiger charge is -2.27. The minimum absolute atomic E-state index is 0.0772. The summed E-state index contributed by atoms with van der Waals surface area (Å²) in [6, 6.07) is 7.56. The van der Waals surface area contributed by atoms with E-state index >= 15 is 0 Å². The molecule has 0 fully saturated rings. The van der Waals surface area contributed by atoms with Gasteiger partial charge < -0.3 is 15.0 Å². The number of aryl methyl sites for hydroxylation is 1. The number of carbonyl (C=O) groups excluding carboxylic acids is 2.